The molecule has 4 rings (SSSR count). The molecule has 0 heteroatoms. The zero-order valence-electron chi connectivity index (χ0n) is 12.7. The van der Waals surface area contributed by atoms with E-state index in [9.17, 15) is 0 Å². The van der Waals surface area contributed by atoms with Gasteiger partial charge in [-0.2, -0.15) is 0 Å². The fourth-order valence-electron chi connectivity index (χ4n) is 3.85. The fraction of sp³-hybridized carbons (Fsp3) is 0.182. The fourth-order valence-corrected chi connectivity index (χ4v) is 3.85. The molecule has 0 amide bonds. The van der Waals surface area contributed by atoms with Crippen LogP contribution >= 0.6 is 0 Å². The predicted molar refractivity (Wildman–Crippen MR) is 92.2 cm³/mol. The van der Waals surface area contributed by atoms with E-state index in [2.05, 4.69) is 84.9 Å². The maximum absolute atomic E-state index is 2.33. The van der Waals surface area contributed by atoms with E-state index in [0.717, 1.165) is 12.8 Å². The Labute approximate surface area is 132 Å². The molecule has 0 nitrogen and oxygen atoms in total. The molecule has 0 bridgehead atoms. The normalized spacial score (nSPS) is 19.8. The molecular formula is C22H20. The largest absolute Gasteiger partial charge is 0.0622 e. The van der Waals surface area contributed by atoms with Gasteiger partial charge in [-0.3, -0.25) is 0 Å². The molecule has 0 N–H and O–H groups in total. The van der Waals surface area contributed by atoms with Gasteiger partial charge in [-0.15, -0.1) is 0 Å². The van der Waals surface area contributed by atoms with Gasteiger partial charge in [-0.05, 0) is 46.9 Å². The van der Waals surface area contributed by atoms with Crippen molar-refractivity contribution < 1.29 is 0 Å². The van der Waals surface area contributed by atoms with Crippen molar-refractivity contribution in [1.82, 2.24) is 0 Å². The van der Waals surface area contributed by atoms with Crippen molar-refractivity contribution in [1.29, 1.82) is 0 Å². The van der Waals surface area contributed by atoms with Crippen LogP contribution in [0.5, 0.6) is 0 Å². The Kier molecular flexibility index (Phi) is 3.52. The van der Waals surface area contributed by atoms with Crippen LogP contribution in [0.4, 0.5) is 0 Å². The first-order valence-corrected chi connectivity index (χ1v) is 8.08. The van der Waals surface area contributed by atoms with Crippen LogP contribution in [-0.4, -0.2) is 0 Å². The molecule has 2 atom stereocenters. The minimum Gasteiger partial charge on any atom is -0.0622 e. The molecule has 1 aliphatic rings. The van der Waals surface area contributed by atoms with E-state index in [-0.39, 0.29) is 0 Å². The van der Waals surface area contributed by atoms with Crippen LogP contribution in [0.2, 0.25) is 0 Å². The van der Waals surface area contributed by atoms with Crippen molar-refractivity contribution in [2.75, 3.05) is 0 Å². The van der Waals surface area contributed by atoms with Gasteiger partial charge in [0.2, 0.25) is 0 Å². The summed E-state index contributed by atoms with van der Waals surface area (Å²) in [7, 11) is 0. The van der Waals surface area contributed by atoms with Crippen molar-refractivity contribution in [2.24, 2.45) is 0 Å². The highest BCUT2D eigenvalue weighted by Crippen LogP contribution is 2.45. The van der Waals surface area contributed by atoms with Crippen molar-refractivity contribution in [2.45, 2.75) is 24.7 Å². The molecule has 0 fully saturated rings. The Morgan fingerprint density at radius 1 is 0.682 bits per heavy atom. The van der Waals surface area contributed by atoms with Gasteiger partial charge in [0, 0.05) is 0 Å². The molecule has 3 aromatic carbocycles. The first-order chi connectivity index (χ1) is 10.9. The molecule has 0 saturated heterocycles. The van der Waals surface area contributed by atoms with Crippen LogP contribution in [0.1, 0.15) is 34.1 Å². The van der Waals surface area contributed by atoms with Crippen LogP contribution in [0.3, 0.4) is 0 Å². The minimum atomic E-state index is 0.584. The van der Waals surface area contributed by atoms with E-state index in [1.807, 2.05) is 0 Å². The van der Waals surface area contributed by atoms with Gasteiger partial charge in [-0.1, -0.05) is 84.9 Å². The third-order valence-corrected chi connectivity index (χ3v) is 4.91. The van der Waals surface area contributed by atoms with Gasteiger partial charge in [0.1, 0.15) is 0 Å². The average molecular weight is 284 g/mol. The highest BCUT2D eigenvalue weighted by atomic mass is 14.4. The molecule has 0 saturated carbocycles. The van der Waals surface area contributed by atoms with Gasteiger partial charge in [0.15, 0.2) is 0 Å². The zero-order valence-corrected chi connectivity index (χ0v) is 12.7. The maximum atomic E-state index is 2.33. The van der Waals surface area contributed by atoms with Gasteiger partial charge < -0.3 is 0 Å². The molecule has 2 unspecified atom stereocenters. The van der Waals surface area contributed by atoms with Crippen molar-refractivity contribution in [3.8, 4) is 0 Å². The van der Waals surface area contributed by atoms with Crippen molar-refractivity contribution in [3.05, 3.63) is 107 Å². The maximum Gasteiger partial charge on any atom is -0.00467 e. The Morgan fingerprint density at radius 2 is 1.32 bits per heavy atom. The SMILES string of the molecule is c1ccc(CC2c3ccccc3CC2c2ccccc2)cc1. The molecular weight excluding hydrogens is 264 g/mol. The average Bonchev–Trinajstić information content (AvgIpc) is 2.95. The molecule has 3 aromatic rings. The summed E-state index contributed by atoms with van der Waals surface area (Å²) in [6.07, 6.45) is 2.29. The summed E-state index contributed by atoms with van der Waals surface area (Å²) in [6.45, 7) is 0. The molecule has 0 aliphatic heterocycles. The molecule has 22 heavy (non-hydrogen) atoms. The Bertz CT molecular complexity index is 743. The van der Waals surface area contributed by atoms with E-state index in [0.29, 0.717) is 11.8 Å². The molecule has 0 spiro atoms. The molecule has 0 radical (unpaired) electrons. The first-order valence-electron chi connectivity index (χ1n) is 8.08. The lowest BCUT2D eigenvalue weighted by Crippen LogP contribution is -2.09. The second-order valence-corrected chi connectivity index (χ2v) is 6.22. The zero-order chi connectivity index (χ0) is 14.8. The molecule has 1 aliphatic carbocycles. The first kappa shape index (κ1) is 13.3. The van der Waals surface area contributed by atoms with Gasteiger partial charge >= 0.3 is 0 Å². The van der Waals surface area contributed by atoms with E-state index in [1.165, 1.54) is 16.7 Å². The Morgan fingerprint density at radius 3 is 2.09 bits per heavy atom. The summed E-state index contributed by atoms with van der Waals surface area (Å²) in [5.74, 6) is 1.18. The van der Waals surface area contributed by atoms with E-state index >= 15 is 0 Å². The molecule has 0 heterocycles. The van der Waals surface area contributed by atoms with Crippen molar-refractivity contribution in [3.63, 3.8) is 0 Å². The molecule has 108 valence electrons. The standard InChI is InChI=1S/C22H20/c1-3-9-17(10-4-1)15-22-20-14-8-7-13-19(20)16-21(22)18-11-5-2-6-12-18/h1-14,21-22H,15-16H2. The summed E-state index contributed by atoms with van der Waals surface area (Å²) < 4.78 is 0. The van der Waals surface area contributed by atoms with E-state index in [1.54, 1.807) is 5.56 Å². The summed E-state index contributed by atoms with van der Waals surface area (Å²) in [5.41, 5.74) is 5.97. The van der Waals surface area contributed by atoms with E-state index < -0.39 is 0 Å². The lowest BCUT2D eigenvalue weighted by molar-refractivity contribution is 0.578. The second kappa shape index (κ2) is 5.81. The monoisotopic (exact) mass is 284 g/mol. The number of fused-ring (bicyclic) bond motifs is 1. The van der Waals surface area contributed by atoms with Crippen LogP contribution in [0.25, 0.3) is 0 Å². The van der Waals surface area contributed by atoms with Gasteiger partial charge in [0.25, 0.3) is 0 Å². The van der Waals surface area contributed by atoms with Gasteiger partial charge in [0.05, 0.1) is 0 Å². The minimum absolute atomic E-state index is 0.584. The Hall–Kier alpha value is -2.34. The summed E-state index contributed by atoms with van der Waals surface area (Å²) in [6, 6.07) is 30.9. The second-order valence-electron chi connectivity index (χ2n) is 6.22. The van der Waals surface area contributed by atoms with Crippen LogP contribution < -0.4 is 0 Å². The highest BCUT2D eigenvalue weighted by Gasteiger charge is 2.32. The predicted octanol–water partition coefficient (Wildman–Crippen LogP) is 5.35. The highest BCUT2D eigenvalue weighted by molar-refractivity contribution is 5.43. The van der Waals surface area contributed by atoms with Crippen LogP contribution in [-0.2, 0) is 12.8 Å². The number of hydrogen-bond acceptors (Lipinski definition) is 0. The number of hydrogen-bond donors (Lipinski definition) is 0. The number of benzene rings is 3. The summed E-state index contributed by atoms with van der Waals surface area (Å²) in [5, 5.41) is 0. The van der Waals surface area contributed by atoms with E-state index in [4.69, 9.17) is 0 Å². The third-order valence-electron chi connectivity index (χ3n) is 4.91. The topological polar surface area (TPSA) is 0 Å². The quantitative estimate of drug-likeness (QED) is 0.608. The smallest absolute Gasteiger partial charge is 0.00467 e. The molecule has 0 aromatic heterocycles. The summed E-state index contributed by atoms with van der Waals surface area (Å²) in [4.78, 5) is 0. The summed E-state index contributed by atoms with van der Waals surface area (Å²) >= 11 is 0. The lowest BCUT2D eigenvalue weighted by Gasteiger charge is -2.21. The Balaban J connectivity index is 1.73. The van der Waals surface area contributed by atoms with Crippen molar-refractivity contribution >= 4 is 0 Å². The number of rotatable bonds is 3. The van der Waals surface area contributed by atoms with Gasteiger partial charge in [-0.25, -0.2) is 0 Å². The third kappa shape index (κ3) is 2.46. The van der Waals surface area contributed by atoms with Crippen LogP contribution in [0, 0.1) is 0 Å². The van der Waals surface area contributed by atoms with Crippen LogP contribution in [0.15, 0.2) is 84.9 Å². The lowest BCUT2D eigenvalue weighted by atomic mass is 9.82.